The predicted molar refractivity (Wildman–Crippen MR) is 174 cm³/mol. The van der Waals surface area contributed by atoms with Gasteiger partial charge in [0.25, 0.3) is 0 Å². The molecule has 252 valence electrons. The summed E-state index contributed by atoms with van der Waals surface area (Å²) in [5, 5.41) is 19.2. The number of hydrogen-bond donors (Lipinski definition) is 5. The third kappa shape index (κ3) is 8.36. The standard InChI is InChI=1S/C34H65N3O5S/c1-23(2)31(42-43(39,40)41)12-9-24(3)27-10-11-28-32-29(14-16-34(27,28)5)33(4)15-13-26(21-25(33)22-30(32)38)37-20-8-19-36-18-7-6-17-35/h23-32,36-38H,6-22,35H2,1-5H3,(H,39,40,41)/t24-,25-,26+,27-,28?,29?,30-,31-,32?,33+,34-/m1/s1/i12D2. The van der Waals surface area contributed by atoms with E-state index < -0.39 is 28.8 Å². The van der Waals surface area contributed by atoms with Crippen molar-refractivity contribution >= 4 is 10.4 Å². The van der Waals surface area contributed by atoms with Crippen molar-refractivity contribution in [2.24, 2.45) is 58.0 Å². The lowest BCUT2D eigenvalue weighted by molar-refractivity contribution is -0.167. The molecule has 4 aliphatic rings. The van der Waals surface area contributed by atoms with Crippen LogP contribution < -0.4 is 16.4 Å². The van der Waals surface area contributed by atoms with Gasteiger partial charge in [0, 0.05) is 8.78 Å². The molecule has 6 N–H and O–H groups in total. The molecule has 0 aliphatic heterocycles. The van der Waals surface area contributed by atoms with Gasteiger partial charge in [0.2, 0.25) is 0 Å². The lowest BCUT2D eigenvalue weighted by Gasteiger charge is -2.62. The van der Waals surface area contributed by atoms with Gasteiger partial charge >= 0.3 is 10.4 Å². The van der Waals surface area contributed by atoms with Crippen LogP contribution in [0.25, 0.3) is 0 Å². The monoisotopic (exact) mass is 629 g/mol. The first kappa shape index (κ1) is 32.6. The van der Waals surface area contributed by atoms with Crippen LogP contribution in [0, 0.1) is 52.3 Å². The Hall–Kier alpha value is -0.290. The van der Waals surface area contributed by atoms with Crippen molar-refractivity contribution in [1.82, 2.24) is 10.6 Å². The topological polar surface area (TPSA) is 134 Å². The zero-order chi connectivity index (χ0) is 33.2. The molecule has 0 spiro atoms. The summed E-state index contributed by atoms with van der Waals surface area (Å²) in [7, 11) is -4.76. The van der Waals surface area contributed by atoms with Gasteiger partial charge in [-0.1, -0.05) is 34.6 Å². The summed E-state index contributed by atoms with van der Waals surface area (Å²) in [6.45, 7) is 14.3. The summed E-state index contributed by atoms with van der Waals surface area (Å²) in [5.41, 5.74) is 5.86. The third-order valence-corrected chi connectivity index (χ3v) is 13.1. The molecule has 8 nitrogen and oxygen atoms in total. The summed E-state index contributed by atoms with van der Waals surface area (Å²) in [4.78, 5) is 0. The normalized spacial score (nSPS) is 40.3. The van der Waals surface area contributed by atoms with E-state index in [1.807, 2.05) is 0 Å². The highest BCUT2D eigenvalue weighted by Gasteiger charge is 2.62. The van der Waals surface area contributed by atoms with E-state index >= 15 is 0 Å². The van der Waals surface area contributed by atoms with E-state index in [1.54, 1.807) is 13.8 Å². The molecule has 0 aromatic heterocycles. The van der Waals surface area contributed by atoms with E-state index in [1.165, 1.54) is 12.8 Å². The van der Waals surface area contributed by atoms with Crippen molar-refractivity contribution in [3.63, 3.8) is 0 Å². The second-order valence-electron chi connectivity index (χ2n) is 15.6. The van der Waals surface area contributed by atoms with Crippen LogP contribution in [0.1, 0.15) is 121 Å². The smallest absolute Gasteiger partial charge is 0.393 e. The predicted octanol–water partition coefficient (Wildman–Crippen LogP) is 5.55. The summed E-state index contributed by atoms with van der Waals surface area (Å²) in [5.74, 6) is 1.68. The Morgan fingerprint density at radius 1 is 0.977 bits per heavy atom. The molecule has 0 saturated heterocycles. The van der Waals surface area contributed by atoms with E-state index in [9.17, 15) is 18.1 Å². The van der Waals surface area contributed by atoms with Crippen molar-refractivity contribution in [2.45, 2.75) is 136 Å². The van der Waals surface area contributed by atoms with Crippen molar-refractivity contribution in [1.29, 1.82) is 0 Å². The Kier molecular flexibility index (Phi) is 11.4. The van der Waals surface area contributed by atoms with Crippen LogP contribution in [0.5, 0.6) is 0 Å². The molecular weight excluding hydrogens is 562 g/mol. The highest BCUT2D eigenvalue weighted by Crippen LogP contribution is 2.68. The molecule has 4 aliphatic carbocycles. The number of aliphatic hydroxyl groups excluding tert-OH is 1. The Labute approximate surface area is 266 Å². The highest BCUT2D eigenvalue weighted by atomic mass is 32.3. The van der Waals surface area contributed by atoms with Gasteiger partial charge in [-0.3, -0.25) is 4.55 Å². The van der Waals surface area contributed by atoms with E-state index in [-0.39, 0.29) is 29.3 Å². The SMILES string of the molecule is [2H]C([2H])(C[C@@H](C)[C@H]1CCC2C3C(CC[C@@]21C)[C@@]1(C)CC[C@H](NCCCNCCCCN)C[C@@H]1C[C@H]3O)[C@@H](OS(=O)(=O)O)C(C)C. The van der Waals surface area contributed by atoms with E-state index in [0.29, 0.717) is 35.6 Å². The Balaban J connectivity index is 1.36. The first-order chi connectivity index (χ1) is 21.0. The van der Waals surface area contributed by atoms with Gasteiger partial charge in [0.1, 0.15) is 0 Å². The molecule has 0 heterocycles. The summed E-state index contributed by atoms with van der Waals surface area (Å²) < 4.78 is 54.9. The molecular formula is C34H65N3O5S. The van der Waals surface area contributed by atoms with Crippen molar-refractivity contribution < 1.29 is 25.0 Å². The van der Waals surface area contributed by atoms with Crippen LogP contribution in [0.15, 0.2) is 0 Å². The van der Waals surface area contributed by atoms with Crippen LogP contribution >= 0.6 is 0 Å². The quantitative estimate of drug-likeness (QED) is 0.111. The summed E-state index contributed by atoms with van der Waals surface area (Å²) >= 11 is 0. The molecule has 0 aromatic rings. The van der Waals surface area contributed by atoms with E-state index in [0.717, 1.165) is 84.0 Å². The number of hydrogen-bond acceptors (Lipinski definition) is 7. The van der Waals surface area contributed by atoms with Crippen molar-refractivity contribution in [3.05, 3.63) is 0 Å². The molecule has 0 radical (unpaired) electrons. The minimum Gasteiger partial charge on any atom is -0.393 e. The first-order valence-corrected chi connectivity index (χ1v) is 18.9. The summed E-state index contributed by atoms with van der Waals surface area (Å²) in [6, 6.07) is 0.532. The van der Waals surface area contributed by atoms with Crippen LogP contribution in [-0.2, 0) is 14.6 Å². The molecule has 0 amide bonds. The van der Waals surface area contributed by atoms with Gasteiger partial charge < -0.3 is 21.5 Å². The first-order valence-electron chi connectivity index (χ1n) is 18.5. The lowest BCUT2D eigenvalue weighted by atomic mass is 9.43. The fourth-order valence-corrected chi connectivity index (χ4v) is 10.9. The Bertz CT molecular complexity index is 1070. The maximum Gasteiger partial charge on any atom is 0.397 e. The molecule has 43 heavy (non-hydrogen) atoms. The number of nitrogens with one attached hydrogen (secondary N) is 2. The number of aliphatic hydroxyl groups is 1. The Morgan fingerprint density at radius 2 is 1.67 bits per heavy atom. The molecule has 0 bridgehead atoms. The number of fused-ring (bicyclic) bond motifs is 5. The van der Waals surface area contributed by atoms with Gasteiger partial charge in [-0.15, -0.1) is 0 Å². The molecule has 9 heteroatoms. The van der Waals surface area contributed by atoms with Gasteiger partial charge in [-0.25, -0.2) is 4.18 Å². The number of unbranched alkanes of at least 4 members (excludes halogenated alkanes) is 1. The summed E-state index contributed by atoms with van der Waals surface area (Å²) in [6.07, 6.45) is 8.82. The van der Waals surface area contributed by atoms with Gasteiger partial charge in [0.15, 0.2) is 0 Å². The highest BCUT2D eigenvalue weighted by molar-refractivity contribution is 7.80. The fraction of sp³-hybridized carbons (Fsp3) is 1.00. The van der Waals surface area contributed by atoms with Crippen LogP contribution in [0.3, 0.4) is 0 Å². The average molecular weight is 630 g/mol. The number of nitrogens with two attached hydrogens (primary N) is 1. The van der Waals surface area contributed by atoms with Gasteiger partial charge in [0.05, 0.1) is 12.2 Å². The molecule has 3 unspecified atom stereocenters. The maximum atomic E-state index is 11.8. The molecule has 4 rings (SSSR count). The van der Waals surface area contributed by atoms with Gasteiger partial charge in [-0.2, -0.15) is 8.42 Å². The fourth-order valence-electron chi connectivity index (χ4n) is 10.4. The second kappa shape index (κ2) is 15.1. The minimum absolute atomic E-state index is 0.0181. The van der Waals surface area contributed by atoms with Crippen molar-refractivity contribution in [3.8, 4) is 0 Å². The zero-order valence-electron chi connectivity index (χ0n) is 29.7. The Morgan fingerprint density at radius 3 is 2.37 bits per heavy atom. The van der Waals surface area contributed by atoms with Crippen LogP contribution in [0.2, 0.25) is 0 Å². The van der Waals surface area contributed by atoms with Crippen molar-refractivity contribution in [2.75, 3.05) is 26.2 Å². The molecule has 4 saturated carbocycles. The van der Waals surface area contributed by atoms with Gasteiger partial charge in [-0.05, 0) is 162 Å². The van der Waals surface area contributed by atoms with E-state index in [2.05, 4.69) is 31.4 Å². The van der Waals surface area contributed by atoms with E-state index in [4.69, 9.17) is 12.7 Å². The second-order valence-corrected chi connectivity index (χ2v) is 16.7. The van der Waals surface area contributed by atoms with Crippen LogP contribution in [0.4, 0.5) is 0 Å². The van der Waals surface area contributed by atoms with Crippen LogP contribution in [-0.4, -0.2) is 62.5 Å². The molecule has 11 atom stereocenters. The maximum absolute atomic E-state index is 11.8. The molecule has 0 aromatic carbocycles. The number of rotatable bonds is 16. The molecule has 4 fully saturated rings. The lowest BCUT2D eigenvalue weighted by Crippen LogP contribution is -2.59. The largest absolute Gasteiger partial charge is 0.397 e. The average Bonchev–Trinajstić information content (AvgIpc) is 3.30. The third-order valence-electron chi connectivity index (χ3n) is 12.7. The minimum atomic E-state index is -4.76. The zero-order valence-corrected chi connectivity index (χ0v) is 28.5.